The topological polar surface area (TPSA) is 8.17 Å². The summed E-state index contributed by atoms with van der Waals surface area (Å²) in [5.41, 5.74) is 19.3. The van der Waals surface area contributed by atoms with Crippen LogP contribution in [0, 0.1) is 0 Å². The van der Waals surface area contributed by atoms with Crippen LogP contribution in [0.1, 0.15) is 47.2 Å². The Bertz CT molecular complexity index is 3190. The molecule has 0 unspecified atom stereocenters. The quantitative estimate of drug-likeness (QED) is 0.164. The highest BCUT2D eigenvalue weighted by Crippen LogP contribution is 2.58. The number of benzene rings is 9. The summed E-state index contributed by atoms with van der Waals surface area (Å²) in [5, 5.41) is 2.53. The van der Waals surface area contributed by atoms with Crippen LogP contribution < -0.4 is 4.90 Å². The average Bonchev–Trinajstić information content (AvgIpc) is 3.88. The first-order chi connectivity index (χ1) is 29.5. The molecule has 0 bridgehead atoms. The molecule has 1 aromatic heterocycles. The van der Waals surface area contributed by atoms with Crippen LogP contribution in [0.4, 0.5) is 17.1 Å². The standard InChI is InChI=1S/C58H42N2/c1-57(2)51-25-13-9-21-45(51)47-35-33-43(37-53(47)57)59(41-29-31-42(32-30-41)60-55-27-15-11-23-49(55)50-24-12-16-28-56(50)60)44-34-36-48-46-22-10-14-26-52(46)58(54(48)38-44,39-17-5-3-6-18-39)40-19-7-4-8-20-40/h3-38H,1-2H3. The molecular weight excluding hydrogens is 725 g/mol. The second-order valence-electron chi connectivity index (χ2n) is 16.9. The Morgan fingerprint density at radius 1 is 0.350 bits per heavy atom. The monoisotopic (exact) mass is 766 g/mol. The smallest absolute Gasteiger partial charge is 0.0714 e. The number of fused-ring (bicyclic) bond motifs is 9. The molecule has 0 N–H and O–H groups in total. The number of rotatable bonds is 6. The summed E-state index contributed by atoms with van der Waals surface area (Å²) in [6, 6.07) is 81.0. The van der Waals surface area contributed by atoms with Crippen molar-refractivity contribution in [2.75, 3.05) is 4.90 Å². The molecule has 0 aliphatic heterocycles. The minimum atomic E-state index is -0.502. The van der Waals surface area contributed by atoms with E-state index in [1.165, 1.54) is 77.4 Å². The maximum Gasteiger partial charge on any atom is 0.0714 e. The van der Waals surface area contributed by atoms with Gasteiger partial charge in [-0.05, 0) is 116 Å². The summed E-state index contributed by atoms with van der Waals surface area (Å²) in [7, 11) is 0. The van der Waals surface area contributed by atoms with Crippen molar-refractivity contribution in [1.29, 1.82) is 0 Å². The van der Waals surface area contributed by atoms with E-state index in [4.69, 9.17) is 0 Å². The Labute approximate surface area is 351 Å². The van der Waals surface area contributed by atoms with Gasteiger partial charge >= 0.3 is 0 Å². The van der Waals surface area contributed by atoms with Crippen molar-refractivity contribution in [1.82, 2.24) is 4.57 Å². The van der Waals surface area contributed by atoms with Gasteiger partial charge in [-0.2, -0.15) is 0 Å². The molecule has 12 rings (SSSR count). The zero-order valence-corrected chi connectivity index (χ0v) is 33.7. The lowest BCUT2D eigenvalue weighted by molar-refractivity contribution is 0.660. The summed E-state index contributed by atoms with van der Waals surface area (Å²) in [5.74, 6) is 0. The summed E-state index contributed by atoms with van der Waals surface area (Å²) in [4.78, 5) is 2.47. The molecule has 2 heteroatoms. The number of anilines is 3. The van der Waals surface area contributed by atoms with Crippen molar-refractivity contribution >= 4 is 38.9 Å². The maximum absolute atomic E-state index is 2.48. The van der Waals surface area contributed by atoms with Gasteiger partial charge in [-0.1, -0.05) is 172 Å². The molecule has 0 atom stereocenters. The van der Waals surface area contributed by atoms with Gasteiger partial charge in [0.1, 0.15) is 0 Å². The fraction of sp³-hybridized carbons (Fsp3) is 0.0690. The SMILES string of the molecule is CC1(C)c2ccccc2-c2ccc(N(c3ccc(-n4c5ccccc5c5ccccc54)cc3)c3ccc4c(c3)C(c3ccccc3)(c3ccccc3)c3ccccc3-4)cc21. The highest BCUT2D eigenvalue weighted by atomic mass is 15.1. The summed E-state index contributed by atoms with van der Waals surface area (Å²) < 4.78 is 2.40. The molecule has 9 aromatic carbocycles. The Morgan fingerprint density at radius 3 is 1.38 bits per heavy atom. The first-order valence-corrected chi connectivity index (χ1v) is 21.0. The molecule has 2 aliphatic rings. The van der Waals surface area contributed by atoms with Gasteiger partial charge in [-0.3, -0.25) is 0 Å². The van der Waals surface area contributed by atoms with Crippen LogP contribution >= 0.6 is 0 Å². The van der Waals surface area contributed by atoms with Crippen LogP contribution in [0.25, 0.3) is 49.7 Å². The molecule has 1 heterocycles. The molecule has 0 spiro atoms. The van der Waals surface area contributed by atoms with E-state index in [0.29, 0.717) is 0 Å². The first-order valence-electron chi connectivity index (χ1n) is 21.0. The van der Waals surface area contributed by atoms with Crippen LogP contribution in [0.5, 0.6) is 0 Å². The predicted octanol–water partition coefficient (Wildman–Crippen LogP) is 14.9. The van der Waals surface area contributed by atoms with Crippen molar-refractivity contribution in [3.05, 3.63) is 252 Å². The van der Waals surface area contributed by atoms with E-state index in [-0.39, 0.29) is 5.41 Å². The second kappa shape index (κ2) is 13.0. The largest absolute Gasteiger partial charge is 0.310 e. The molecular formula is C58H42N2. The number of aromatic nitrogens is 1. The fourth-order valence-electron chi connectivity index (χ4n) is 10.8. The third-order valence-corrected chi connectivity index (χ3v) is 13.5. The van der Waals surface area contributed by atoms with Gasteiger partial charge in [0, 0.05) is 38.9 Å². The van der Waals surface area contributed by atoms with Crippen LogP contribution in [-0.2, 0) is 10.8 Å². The van der Waals surface area contributed by atoms with E-state index in [1.807, 2.05) is 0 Å². The van der Waals surface area contributed by atoms with Gasteiger partial charge in [0.15, 0.2) is 0 Å². The number of hydrogen-bond donors (Lipinski definition) is 0. The Kier molecular flexibility index (Phi) is 7.52. The molecule has 0 amide bonds. The molecule has 10 aromatic rings. The molecule has 0 fully saturated rings. The van der Waals surface area contributed by atoms with E-state index in [2.05, 4.69) is 242 Å². The van der Waals surface area contributed by atoms with Crippen molar-refractivity contribution in [2.24, 2.45) is 0 Å². The van der Waals surface area contributed by atoms with Crippen molar-refractivity contribution < 1.29 is 0 Å². The number of hydrogen-bond acceptors (Lipinski definition) is 1. The van der Waals surface area contributed by atoms with E-state index < -0.39 is 5.41 Å². The van der Waals surface area contributed by atoms with Crippen LogP contribution in [0.15, 0.2) is 218 Å². The third kappa shape index (κ3) is 4.82. The van der Waals surface area contributed by atoms with Crippen molar-refractivity contribution in [3.63, 3.8) is 0 Å². The van der Waals surface area contributed by atoms with Gasteiger partial charge in [0.05, 0.1) is 16.4 Å². The van der Waals surface area contributed by atoms with E-state index in [0.717, 1.165) is 22.7 Å². The summed E-state index contributed by atoms with van der Waals surface area (Å²) in [6.45, 7) is 4.74. The van der Waals surface area contributed by atoms with Gasteiger partial charge in [-0.25, -0.2) is 0 Å². The molecule has 0 saturated carbocycles. The Morgan fingerprint density at radius 2 is 0.783 bits per heavy atom. The first kappa shape index (κ1) is 34.6. The zero-order chi connectivity index (χ0) is 40.0. The lowest BCUT2D eigenvalue weighted by Crippen LogP contribution is -2.28. The van der Waals surface area contributed by atoms with Crippen molar-refractivity contribution in [3.8, 4) is 27.9 Å². The van der Waals surface area contributed by atoms with E-state index in [1.54, 1.807) is 0 Å². The zero-order valence-electron chi connectivity index (χ0n) is 33.7. The van der Waals surface area contributed by atoms with Gasteiger partial charge in [0.2, 0.25) is 0 Å². The summed E-state index contributed by atoms with van der Waals surface area (Å²) >= 11 is 0. The van der Waals surface area contributed by atoms with Gasteiger partial charge in [-0.15, -0.1) is 0 Å². The number of para-hydroxylation sites is 2. The van der Waals surface area contributed by atoms with E-state index in [9.17, 15) is 0 Å². The fourth-order valence-corrected chi connectivity index (χ4v) is 10.8. The maximum atomic E-state index is 2.48. The van der Waals surface area contributed by atoms with Gasteiger partial charge < -0.3 is 9.47 Å². The Hall–Kier alpha value is -7.42. The minimum Gasteiger partial charge on any atom is -0.310 e. The lowest BCUT2D eigenvalue weighted by Gasteiger charge is -2.35. The van der Waals surface area contributed by atoms with Crippen molar-refractivity contribution in [2.45, 2.75) is 24.7 Å². The third-order valence-electron chi connectivity index (χ3n) is 13.5. The molecule has 0 saturated heterocycles. The van der Waals surface area contributed by atoms with E-state index >= 15 is 0 Å². The second-order valence-corrected chi connectivity index (χ2v) is 16.9. The molecule has 0 radical (unpaired) electrons. The summed E-state index contributed by atoms with van der Waals surface area (Å²) in [6.07, 6.45) is 0. The average molecular weight is 767 g/mol. The normalized spacial score (nSPS) is 14.1. The molecule has 2 nitrogen and oxygen atoms in total. The molecule has 60 heavy (non-hydrogen) atoms. The molecule has 2 aliphatic carbocycles. The number of nitrogens with zero attached hydrogens (tertiary/aromatic N) is 2. The predicted molar refractivity (Wildman–Crippen MR) is 250 cm³/mol. The minimum absolute atomic E-state index is 0.136. The Balaban J connectivity index is 1.09. The van der Waals surface area contributed by atoms with Crippen LogP contribution in [-0.4, -0.2) is 4.57 Å². The lowest BCUT2D eigenvalue weighted by atomic mass is 9.67. The van der Waals surface area contributed by atoms with Crippen LogP contribution in [0.2, 0.25) is 0 Å². The highest BCUT2D eigenvalue weighted by Gasteiger charge is 2.46. The molecule has 284 valence electrons. The van der Waals surface area contributed by atoms with Gasteiger partial charge in [0.25, 0.3) is 0 Å². The van der Waals surface area contributed by atoms with Crippen LogP contribution in [0.3, 0.4) is 0 Å². The highest BCUT2D eigenvalue weighted by molar-refractivity contribution is 6.09.